The summed E-state index contributed by atoms with van der Waals surface area (Å²) in [7, 11) is -3.53. The molecule has 0 spiro atoms. The summed E-state index contributed by atoms with van der Waals surface area (Å²) in [6, 6.07) is 3.79. The summed E-state index contributed by atoms with van der Waals surface area (Å²) in [5.41, 5.74) is 5.32. The van der Waals surface area contributed by atoms with Gasteiger partial charge in [0.15, 0.2) is 0 Å². The first-order valence-electron chi connectivity index (χ1n) is 4.77. The fourth-order valence-electron chi connectivity index (χ4n) is 1.25. The van der Waals surface area contributed by atoms with Crippen LogP contribution in [0.15, 0.2) is 18.2 Å². The third kappa shape index (κ3) is 3.70. The number of sulfonamides is 1. The average Bonchev–Trinajstić information content (AvgIpc) is 2.18. The minimum atomic E-state index is -3.53. The molecule has 1 rings (SSSR count). The zero-order valence-electron chi connectivity index (χ0n) is 9.40. The van der Waals surface area contributed by atoms with E-state index in [0.29, 0.717) is 5.56 Å². The highest BCUT2D eigenvalue weighted by atomic mass is 32.2. The number of hydrogen-bond acceptors (Lipinski definition) is 3. The topological polar surface area (TPSA) is 89.3 Å². The summed E-state index contributed by atoms with van der Waals surface area (Å²) >= 11 is 0. The van der Waals surface area contributed by atoms with Crippen LogP contribution >= 0.6 is 0 Å². The van der Waals surface area contributed by atoms with E-state index in [0.717, 1.165) is 12.3 Å². The summed E-state index contributed by atoms with van der Waals surface area (Å²) in [4.78, 5) is 10.9. The van der Waals surface area contributed by atoms with Crippen LogP contribution in [0.4, 0.5) is 10.1 Å². The number of primary amides is 1. The number of amides is 1. The molecule has 0 radical (unpaired) electrons. The maximum atomic E-state index is 13.5. The summed E-state index contributed by atoms with van der Waals surface area (Å²) in [5.74, 6) is -1.95. The Bertz CT molecular complexity index is 542. The van der Waals surface area contributed by atoms with Crippen LogP contribution in [-0.4, -0.2) is 20.6 Å². The van der Waals surface area contributed by atoms with E-state index >= 15 is 0 Å². The molecule has 0 saturated heterocycles. The van der Waals surface area contributed by atoms with Crippen LogP contribution in [0.2, 0.25) is 0 Å². The molecule has 7 heteroatoms. The van der Waals surface area contributed by atoms with Gasteiger partial charge in [0, 0.05) is 0 Å². The van der Waals surface area contributed by atoms with Crippen LogP contribution in [0, 0.1) is 5.82 Å². The smallest absolute Gasteiger partial charge is 0.229 e. The third-order valence-corrected chi connectivity index (χ3v) is 2.81. The predicted octanol–water partition coefficient (Wildman–Crippen LogP) is 0.786. The molecule has 0 aliphatic carbocycles. The van der Waals surface area contributed by atoms with Crippen LogP contribution in [0.25, 0.3) is 0 Å². The van der Waals surface area contributed by atoms with Gasteiger partial charge in [0.1, 0.15) is 5.82 Å². The van der Waals surface area contributed by atoms with Gasteiger partial charge < -0.3 is 5.73 Å². The molecule has 17 heavy (non-hydrogen) atoms. The standard InChI is InChI=1S/C10H13FN2O3S/c1-6(10(12)14)7-3-4-9(8(11)5-7)13-17(2,15)16/h3-6,13H,1-2H3,(H2,12,14)/t6-/m0/s1. The average molecular weight is 260 g/mol. The Morgan fingerprint density at radius 2 is 2.06 bits per heavy atom. The van der Waals surface area contributed by atoms with Gasteiger partial charge in [-0.25, -0.2) is 12.8 Å². The molecule has 0 unspecified atom stereocenters. The second-order valence-electron chi connectivity index (χ2n) is 3.74. The number of hydrogen-bond donors (Lipinski definition) is 2. The predicted molar refractivity (Wildman–Crippen MR) is 62.5 cm³/mol. The van der Waals surface area contributed by atoms with Gasteiger partial charge >= 0.3 is 0 Å². The Kier molecular flexibility index (Phi) is 3.72. The highest BCUT2D eigenvalue weighted by Gasteiger charge is 2.14. The second-order valence-corrected chi connectivity index (χ2v) is 5.49. The van der Waals surface area contributed by atoms with Crippen molar-refractivity contribution in [1.82, 2.24) is 0 Å². The van der Waals surface area contributed by atoms with E-state index in [4.69, 9.17) is 5.73 Å². The number of rotatable bonds is 4. The first-order chi connectivity index (χ1) is 7.70. The molecule has 3 N–H and O–H groups in total. The second kappa shape index (κ2) is 4.70. The number of nitrogens with two attached hydrogens (primary N) is 1. The van der Waals surface area contributed by atoms with Crippen molar-refractivity contribution < 1.29 is 17.6 Å². The Morgan fingerprint density at radius 1 is 1.47 bits per heavy atom. The molecule has 1 aromatic carbocycles. The molecular weight excluding hydrogens is 247 g/mol. The van der Waals surface area contributed by atoms with Crippen molar-refractivity contribution in [3.63, 3.8) is 0 Å². The number of carbonyl (C=O) groups excluding carboxylic acids is 1. The molecule has 0 aliphatic heterocycles. The SMILES string of the molecule is C[C@H](C(N)=O)c1ccc(NS(C)(=O)=O)c(F)c1. The maximum absolute atomic E-state index is 13.5. The van der Waals surface area contributed by atoms with Gasteiger partial charge in [-0.3, -0.25) is 9.52 Å². The molecule has 1 aromatic rings. The molecule has 0 aliphatic rings. The number of anilines is 1. The largest absolute Gasteiger partial charge is 0.369 e. The van der Waals surface area contributed by atoms with E-state index in [2.05, 4.69) is 0 Å². The first-order valence-corrected chi connectivity index (χ1v) is 6.66. The van der Waals surface area contributed by atoms with Crippen molar-refractivity contribution in [1.29, 1.82) is 0 Å². The zero-order valence-corrected chi connectivity index (χ0v) is 10.2. The Labute approximate surface area is 98.9 Å². The van der Waals surface area contributed by atoms with Crippen molar-refractivity contribution in [3.8, 4) is 0 Å². The van der Waals surface area contributed by atoms with E-state index in [-0.39, 0.29) is 5.69 Å². The molecule has 94 valence electrons. The van der Waals surface area contributed by atoms with Crippen molar-refractivity contribution in [2.24, 2.45) is 5.73 Å². The van der Waals surface area contributed by atoms with Crippen molar-refractivity contribution in [2.75, 3.05) is 11.0 Å². The summed E-state index contributed by atoms with van der Waals surface area (Å²) in [6.45, 7) is 1.54. The Balaban J connectivity index is 3.06. The van der Waals surface area contributed by atoms with Crippen molar-refractivity contribution >= 4 is 21.6 Å². The summed E-state index contributed by atoms with van der Waals surface area (Å²) < 4.78 is 37.4. The lowest BCUT2D eigenvalue weighted by atomic mass is 10.0. The Hall–Kier alpha value is -1.63. The number of carbonyl (C=O) groups is 1. The van der Waals surface area contributed by atoms with E-state index in [9.17, 15) is 17.6 Å². The van der Waals surface area contributed by atoms with Gasteiger partial charge in [0.05, 0.1) is 17.9 Å². The molecule has 1 amide bonds. The van der Waals surface area contributed by atoms with Gasteiger partial charge in [-0.05, 0) is 24.6 Å². The molecule has 0 aromatic heterocycles. The minimum Gasteiger partial charge on any atom is -0.369 e. The van der Waals surface area contributed by atoms with Gasteiger partial charge in [-0.2, -0.15) is 0 Å². The lowest BCUT2D eigenvalue weighted by Crippen LogP contribution is -2.19. The van der Waals surface area contributed by atoms with E-state index < -0.39 is 27.7 Å². The van der Waals surface area contributed by atoms with E-state index in [1.807, 2.05) is 4.72 Å². The lowest BCUT2D eigenvalue weighted by Gasteiger charge is -2.10. The third-order valence-electron chi connectivity index (χ3n) is 2.22. The van der Waals surface area contributed by atoms with E-state index in [1.54, 1.807) is 6.92 Å². The van der Waals surface area contributed by atoms with Gasteiger partial charge in [0.25, 0.3) is 0 Å². The fourth-order valence-corrected chi connectivity index (χ4v) is 1.81. The molecule has 5 nitrogen and oxygen atoms in total. The molecule has 0 heterocycles. The zero-order chi connectivity index (χ0) is 13.2. The number of benzene rings is 1. The number of nitrogens with one attached hydrogen (secondary N) is 1. The van der Waals surface area contributed by atoms with Crippen LogP contribution < -0.4 is 10.5 Å². The molecule has 0 fully saturated rings. The Morgan fingerprint density at radius 3 is 2.47 bits per heavy atom. The molecule has 1 atom stereocenters. The van der Waals surface area contributed by atoms with E-state index in [1.165, 1.54) is 12.1 Å². The quantitative estimate of drug-likeness (QED) is 0.838. The van der Waals surface area contributed by atoms with Gasteiger partial charge in [0.2, 0.25) is 15.9 Å². The molecule has 0 saturated carbocycles. The van der Waals surface area contributed by atoms with Gasteiger partial charge in [-0.15, -0.1) is 0 Å². The first kappa shape index (κ1) is 13.4. The number of halogens is 1. The summed E-state index contributed by atoms with van der Waals surface area (Å²) in [5, 5.41) is 0. The molecule has 0 bridgehead atoms. The normalized spacial score (nSPS) is 13.1. The van der Waals surface area contributed by atoms with Crippen molar-refractivity contribution in [2.45, 2.75) is 12.8 Å². The minimum absolute atomic E-state index is 0.159. The van der Waals surface area contributed by atoms with Crippen molar-refractivity contribution in [3.05, 3.63) is 29.6 Å². The van der Waals surface area contributed by atoms with Crippen LogP contribution in [-0.2, 0) is 14.8 Å². The fraction of sp³-hybridized carbons (Fsp3) is 0.300. The highest BCUT2D eigenvalue weighted by molar-refractivity contribution is 7.92. The maximum Gasteiger partial charge on any atom is 0.229 e. The summed E-state index contributed by atoms with van der Waals surface area (Å²) in [6.07, 6.45) is 0.923. The molecular formula is C10H13FN2O3S. The van der Waals surface area contributed by atoms with Crippen LogP contribution in [0.3, 0.4) is 0 Å². The van der Waals surface area contributed by atoms with Gasteiger partial charge in [-0.1, -0.05) is 6.07 Å². The highest BCUT2D eigenvalue weighted by Crippen LogP contribution is 2.21. The van der Waals surface area contributed by atoms with Crippen LogP contribution in [0.1, 0.15) is 18.4 Å². The van der Waals surface area contributed by atoms with Crippen LogP contribution in [0.5, 0.6) is 0 Å². The monoisotopic (exact) mass is 260 g/mol. The lowest BCUT2D eigenvalue weighted by molar-refractivity contribution is -0.119.